The van der Waals surface area contributed by atoms with E-state index in [0.29, 0.717) is 30.4 Å². The summed E-state index contributed by atoms with van der Waals surface area (Å²) in [6.45, 7) is 7.69. The number of hydrogen-bond donors (Lipinski definition) is 1. The Hall–Kier alpha value is -1.19. The van der Waals surface area contributed by atoms with Crippen LogP contribution in [0.5, 0.6) is 0 Å². The van der Waals surface area contributed by atoms with Crippen molar-refractivity contribution in [1.82, 2.24) is 5.32 Å². The van der Waals surface area contributed by atoms with Gasteiger partial charge >= 0.3 is 0 Å². The van der Waals surface area contributed by atoms with E-state index in [1.165, 1.54) is 18.4 Å². The Bertz CT molecular complexity index is 502. The normalized spacial score (nSPS) is 26.5. The third-order valence-corrected chi connectivity index (χ3v) is 5.60. The first kappa shape index (κ1) is 20.1. The Balaban J connectivity index is 1.79. The lowest BCUT2D eigenvalue weighted by molar-refractivity contribution is -0.123. The average Bonchev–Trinajstić information content (AvgIpc) is 2.62. The summed E-state index contributed by atoms with van der Waals surface area (Å²) in [5.41, 5.74) is 1.22. The summed E-state index contributed by atoms with van der Waals surface area (Å²) in [6, 6.07) is 11.2. The van der Waals surface area contributed by atoms with Crippen LogP contribution in [0.25, 0.3) is 0 Å². The van der Waals surface area contributed by atoms with Gasteiger partial charge in [0.1, 0.15) is 5.78 Å². The summed E-state index contributed by atoms with van der Waals surface area (Å²) < 4.78 is 5.81. The Labute approximate surface area is 153 Å². The molecule has 2 rings (SSSR count). The SMILES string of the molecule is CCC[C@H]1N[C@H](CCCOCc2ccccc2)[C@H](C(C)=O)C[C@H]1CC. The lowest BCUT2D eigenvalue weighted by Crippen LogP contribution is -2.53. The minimum absolute atomic E-state index is 0.173. The second-order valence-corrected chi connectivity index (χ2v) is 7.47. The highest BCUT2D eigenvalue weighted by molar-refractivity contribution is 5.79. The van der Waals surface area contributed by atoms with Crippen LogP contribution in [0.3, 0.4) is 0 Å². The van der Waals surface area contributed by atoms with Gasteiger partial charge in [-0.2, -0.15) is 0 Å². The fourth-order valence-corrected chi connectivity index (χ4v) is 4.17. The topological polar surface area (TPSA) is 38.3 Å². The van der Waals surface area contributed by atoms with Crippen molar-refractivity contribution in [2.45, 2.75) is 78.0 Å². The van der Waals surface area contributed by atoms with Gasteiger partial charge in [0.15, 0.2) is 0 Å². The highest BCUT2D eigenvalue weighted by Crippen LogP contribution is 2.32. The number of nitrogens with one attached hydrogen (secondary N) is 1. The zero-order valence-corrected chi connectivity index (χ0v) is 16.2. The van der Waals surface area contributed by atoms with E-state index in [0.717, 1.165) is 32.3 Å². The van der Waals surface area contributed by atoms with E-state index in [4.69, 9.17) is 4.74 Å². The molecule has 1 aliphatic rings. The molecule has 25 heavy (non-hydrogen) atoms. The van der Waals surface area contributed by atoms with Gasteiger partial charge in [0.2, 0.25) is 0 Å². The van der Waals surface area contributed by atoms with E-state index in [-0.39, 0.29) is 5.92 Å². The highest BCUT2D eigenvalue weighted by Gasteiger charge is 2.36. The van der Waals surface area contributed by atoms with Gasteiger partial charge in [0.05, 0.1) is 6.61 Å². The Morgan fingerprint density at radius 1 is 1.16 bits per heavy atom. The molecular formula is C22H35NO2. The maximum absolute atomic E-state index is 12.1. The molecule has 0 saturated carbocycles. The second-order valence-electron chi connectivity index (χ2n) is 7.47. The predicted octanol–water partition coefficient (Wildman–Crippen LogP) is 4.75. The summed E-state index contributed by atoms with van der Waals surface area (Å²) >= 11 is 0. The van der Waals surface area contributed by atoms with Crippen molar-refractivity contribution in [1.29, 1.82) is 0 Å². The summed E-state index contributed by atoms with van der Waals surface area (Å²) in [4.78, 5) is 12.1. The smallest absolute Gasteiger partial charge is 0.134 e. The van der Waals surface area contributed by atoms with Crippen LogP contribution < -0.4 is 5.32 Å². The van der Waals surface area contributed by atoms with Crippen molar-refractivity contribution in [2.24, 2.45) is 11.8 Å². The maximum Gasteiger partial charge on any atom is 0.134 e. The highest BCUT2D eigenvalue weighted by atomic mass is 16.5. The molecular weight excluding hydrogens is 310 g/mol. The number of Topliss-reactive ketones (excluding diaryl/α,β-unsaturated/α-hetero) is 1. The average molecular weight is 346 g/mol. The largest absolute Gasteiger partial charge is 0.377 e. The molecule has 3 heteroatoms. The first-order valence-electron chi connectivity index (χ1n) is 10.0. The van der Waals surface area contributed by atoms with Crippen molar-refractivity contribution >= 4 is 5.78 Å². The van der Waals surface area contributed by atoms with E-state index < -0.39 is 0 Å². The summed E-state index contributed by atoms with van der Waals surface area (Å²) in [5.74, 6) is 1.16. The number of rotatable bonds is 10. The first-order chi connectivity index (χ1) is 12.2. The van der Waals surface area contributed by atoms with Crippen molar-refractivity contribution in [2.75, 3.05) is 6.61 Å². The van der Waals surface area contributed by atoms with Gasteiger partial charge in [-0.3, -0.25) is 4.79 Å². The Morgan fingerprint density at radius 2 is 1.92 bits per heavy atom. The number of ketones is 1. The van der Waals surface area contributed by atoms with Crippen molar-refractivity contribution in [3.05, 3.63) is 35.9 Å². The molecule has 1 saturated heterocycles. The molecule has 1 aromatic rings. The minimum atomic E-state index is 0.173. The van der Waals surface area contributed by atoms with E-state index >= 15 is 0 Å². The van der Waals surface area contributed by atoms with Gasteiger partial charge in [0.25, 0.3) is 0 Å². The van der Waals surface area contributed by atoms with Gasteiger partial charge in [-0.05, 0) is 44.1 Å². The summed E-state index contributed by atoms with van der Waals surface area (Å²) in [6.07, 6.45) is 6.66. The van der Waals surface area contributed by atoms with Crippen LogP contribution in [-0.4, -0.2) is 24.5 Å². The Kier molecular flexibility index (Phi) is 8.63. The number of hydrogen-bond acceptors (Lipinski definition) is 3. The van der Waals surface area contributed by atoms with Crippen LogP contribution in [0.4, 0.5) is 0 Å². The lowest BCUT2D eigenvalue weighted by Gasteiger charge is -2.42. The molecule has 140 valence electrons. The minimum Gasteiger partial charge on any atom is -0.377 e. The molecule has 1 aliphatic heterocycles. The van der Waals surface area contributed by atoms with E-state index in [1.807, 2.05) is 18.2 Å². The van der Waals surface area contributed by atoms with Crippen LogP contribution in [0.2, 0.25) is 0 Å². The lowest BCUT2D eigenvalue weighted by atomic mass is 9.75. The third-order valence-electron chi connectivity index (χ3n) is 5.60. The van der Waals surface area contributed by atoms with E-state index in [1.54, 1.807) is 6.92 Å². The molecule has 0 amide bonds. The van der Waals surface area contributed by atoms with E-state index in [2.05, 4.69) is 31.3 Å². The number of benzene rings is 1. The second kappa shape index (κ2) is 10.7. The molecule has 1 aromatic carbocycles. The first-order valence-corrected chi connectivity index (χ1v) is 10.0. The number of ether oxygens (including phenoxy) is 1. The van der Waals surface area contributed by atoms with Gasteiger partial charge in [-0.1, -0.05) is 57.0 Å². The quantitative estimate of drug-likeness (QED) is 0.622. The maximum atomic E-state index is 12.1. The van der Waals surface area contributed by atoms with Crippen LogP contribution in [-0.2, 0) is 16.1 Å². The molecule has 0 unspecified atom stereocenters. The molecule has 0 spiro atoms. The van der Waals surface area contributed by atoms with Crippen molar-refractivity contribution in [3.8, 4) is 0 Å². The van der Waals surface area contributed by atoms with Gasteiger partial charge in [0, 0.05) is 24.6 Å². The fourth-order valence-electron chi connectivity index (χ4n) is 4.17. The molecule has 0 radical (unpaired) electrons. The molecule has 1 fully saturated rings. The Morgan fingerprint density at radius 3 is 2.56 bits per heavy atom. The van der Waals surface area contributed by atoms with Crippen LogP contribution in [0.1, 0.15) is 64.9 Å². The predicted molar refractivity (Wildman–Crippen MR) is 104 cm³/mol. The zero-order valence-electron chi connectivity index (χ0n) is 16.2. The standard InChI is InChI=1S/C22H35NO2/c1-4-10-21-19(5-2)15-20(17(3)24)22(23-21)13-9-14-25-16-18-11-7-6-8-12-18/h6-8,11-12,19-23H,4-5,9-10,13-16H2,1-3H3/t19-,20+,21-,22-/m1/s1. The van der Waals surface area contributed by atoms with Crippen LogP contribution in [0.15, 0.2) is 30.3 Å². The van der Waals surface area contributed by atoms with Gasteiger partial charge in [-0.15, -0.1) is 0 Å². The van der Waals surface area contributed by atoms with Crippen LogP contribution >= 0.6 is 0 Å². The summed E-state index contributed by atoms with van der Waals surface area (Å²) in [5, 5.41) is 3.82. The van der Waals surface area contributed by atoms with E-state index in [9.17, 15) is 4.79 Å². The number of carbonyl (C=O) groups excluding carboxylic acids is 1. The van der Waals surface area contributed by atoms with Crippen molar-refractivity contribution < 1.29 is 9.53 Å². The monoisotopic (exact) mass is 345 g/mol. The fraction of sp³-hybridized carbons (Fsp3) is 0.682. The summed E-state index contributed by atoms with van der Waals surface area (Å²) in [7, 11) is 0. The molecule has 0 bridgehead atoms. The molecule has 1 N–H and O–H groups in total. The molecule has 1 heterocycles. The third kappa shape index (κ3) is 6.23. The molecule has 3 nitrogen and oxygen atoms in total. The molecule has 0 aliphatic carbocycles. The van der Waals surface area contributed by atoms with Crippen LogP contribution in [0, 0.1) is 11.8 Å². The number of piperidine rings is 1. The molecule has 0 aromatic heterocycles. The van der Waals surface area contributed by atoms with Gasteiger partial charge < -0.3 is 10.1 Å². The number of carbonyl (C=O) groups is 1. The van der Waals surface area contributed by atoms with Crippen molar-refractivity contribution in [3.63, 3.8) is 0 Å². The molecule has 4 atom stereocenters. The van der Waals surface area contributed by atoms with Gasteiger partial charge in [-0.25, -0.2) is 0 Å². The zero-order chi connectivity index (χ0) is 18.1.